The normalized spacial score (nSPS) is 34.0. The summed E-state index contributed by atoms with van der Waals surface area (Å²) in [6.07, 6.45) is -5.40. The highest BCUT2D eigenvalue weighted by atomic mass is 16.7. The van der Waals surface area contributed by atoms with Crippen LogP contribution in [0.25, 0.3) is 0 Å². The zero-order valence-corrected chi connectivity index (χ0v) is 11.2. The summed E-state index contributed by atoms with van der Waals surface area (Å²) in [5.74, 6) is 0.478. The van der Waals surface area contributed by atoms with E-state index < -0.39 is 37.3 Å². The van der Waals surface area contributed by atoms with Crippen molar-refractivity contribution in [3.63, 3.8) is 0 Å². The van der Waals surface area contributed by atoms with Gasteiger partial charge in [0.05, 0.1) is 6.61 Å². The zero-order valence-electron chi connectivity index (χ0n) is 11.2. The predicted octanol–water partition coefficient (Wildman–Crippen LogP) is -0.572. The van der Waals surface area contributed by atoms with Gasteiger partial charge in [0.2, 0.25) is 6.29 Å². The molecule has 1 saturated heterocycles. The van der Waals surface area contributed by atoms with Crippen LogP contribution < -0.4 is 4.74 Å². The van der Waals surface area contributed by atoms with Crippen molar-refractivity contribution in [2.75, 3.05) is 6.61 Å². The van der Waals surface area contributed by atoms with E-state index in [2.05, 4.69) is 0 Å². The third-order valence-corrected chi connectivity index (χ3v) is 3.43. The molecule has 4 N–H and O–H groups in total. The second-order valence-electron chi connectivity index (χ2n) is 4.81. The second-order valence-corrected chi connectivity index (χ2v) is 4.81. The Morgan fingerprint density at radius 3 is 2.25 bits per heavy atom. The fourth-order valence-electron chi connectivity index (χ4n) is 2.10. The van der Waals surface area contributed by atoms with Crippen molar-refractivity contribution >= 4 is 0 Å². The molecule has 1 aromatic rings. The lowest BCUT2D eigenvalue weighted by Gasteiger charge is -2.39. The van der Waals surface area contributed by atoms with E-state index in [4.69, 9.17) is 14.6 Å². The Kier molecular flexibility index (Phi) is 4.95. The molecule has 1 aromatic carbocycles. The fourth-order valence-corrected chi connectivity index (χ4v) is 2.10. The van der Waals surface area contributed by atoms with E-state index in [-0.39, 0.29) is 0 Å². The van der Waals surface area contributed by atoms with E-state index in [1.807, 2.05) is 19.1 Å². The first kappa shape index (κ1) is 15.2. The average molecular weight is 284 g/mol. The largest absolute Gasteiger partial charge is 0.462 e. The number of hydrogen-bond donors (Lipinski definition) is 4. The summed E-state index contributed by atoms with van der Waals surface area (Å²) in [5, 5.41) is 38.2. The van der Waals surface area contributed by atoms with Crippen molar-refractivity contribution in [1.29, 1.82) is 0 Å². The van der Waals surface area contributed by atoms with Crippen molar-refractivity contribution < 1.29 is 29.9 Å². The maximum atomic E-state index is 9.84. The van der Waals surface area contributed by atoms with Gasteiger partial charge in [-0.05, 0) is 24.1 Å². The lowest BCUT2D eigenvalue weighted by molar-refractivity contribution is -0.277. The molecule has 5 unspecified atom stereocenters. The van der Waals surface area contributed by atoms with Crippen LogP contribution in [0.15, 0.2) is 24.3 Å². The fraction of sp³-hybridized carbons (Fsp3) is 0.571. The Hall–Kier alpha value is -1.18. The average Bonchev–Trinajstić information content (AvgIpc) is 2.48. The molecule has 0 saturated carbocycles. The van der Waals surface area contributed by atoms with E-state index in [9.17, 15) is 15.3 Å². The van der Waals surface area contributed by atoms with Crippen LogP contribution in [0.1, 0.15) is 12.5 Å². The third-order valence-electron chi connectivity index (χ3n) is 3.43. The van der Waals surface area contributed by atoms with Gasteiger partial charge in [-0.1, -0.05) is 19.1 Å². The summed E-state index contributed by atoms with van der Waals surface area (Å²) in [5.41, 5.74) is 1.14. The van der Waals surface area contributed by atoms with Crippen LogP contribution in [-0.4, -0.2) is 57.7 Å². The third kappa shape index (κ3) is 3.11. The summed E-state index contributed by atoms with van der Waals surface area (Å²) < 4.78 is 10.7. The van der Waals surface area contributed by atoms with Crippen molar-refractivity contribution in [1.82, 2.24) is 0 Å². The zero-order chi connectivity index (χ0) is 14.7. The molecule has 5 atom stereocenters. The SMILES string of the molecule is CCc1ccc(OC2OC(CO)C(O)C(O)C2O)cc1. The number of ether oxygens (including phenoxy) is 2. The van der Waals surface area contributed by atoms with E-state index in [1.54, 1.807) is 12.1 Å². The topological polar surface area (TPSA) is 99.4 Å². The first-order chi connectivity index (χ1) is 9.56. The van der Waals surface area contributed by atoms with Crippen molar-refractivity contribution in [3.05, 3.63) is 29.8 Å². The van der Waals surface area contributed by atoms with Gasteiger partial charge in [0.1, 0.15) is 30.2 Å². The highest BCUT2D eigenvalue weighted by Gasteiger charge is 2.44. The second kappa shape index (κ2) is 6.51. The molecule has 112 valence electrons. The highest BCUT2D eigenvalue weighted by molar-refractivity contribution is 5.27. The molecule has 0 aromatic heterocycles. The summed E-state index contributed by atoms with van der Waals surface area (Å²) >= 11 is 0. The lowest BCUT2D eigenvalue weighted by Crippen LogP contribution is -2.60. The molecule has 6 nitrogen and oxygen atoms in total. The minimum Gasteiger partial charge on any atom is -0.462 e. The lowest BCUT2D eigenvalue weighted by atomic mass is 9.99. The standard InChI is InChI=1S/C14H20O6/c1-2-8-3-5-9(6-4-8)19-14-13(18)12(17)11(16)10(7-15)20-14/h3-6,10-18H,2,7H2,1H3. The van der Waals surface area contributed by atoms with E-state index in [0.717, 1.165) is 12.0 Å². The van der Waals surface area contributed by atoms with Gasteiger partial charge >= 0.3 is 0 Å². The molecule has 1 fully saturated rings. The van der Waals surface area contributed by atoms with Crippen LogP contribution in [0.4, 0.5) is 0 Å². The first-order valence-electron chi connectivity index (χ1n) is 6.63. The number of aliphatic hydroxyl groups is 4. The maximum absolute atomic E-state index is 9.84. The van der Waals surface area contributed by atoms with Crippen molar-refractivity contribution in [2.45, 2.75) is 44.1 Å². The van der Waals surface area contributed by atoms with Gasteiger partial charge in [-0.25, -0.2) is 0 Å². The van der Waals surface area contributed by atoms with Gasteiger partial charge < -0.3 is 29.9 Å². The number of hydrogen-bond acceptors (Lipinski definition) is 6. The van der Waals surface area contributed by atoms with Crippen LogP contribution >= 0.6 is 0 Å². The van der Waals surface area contributed by atoms with Crippen LogP contribution in [0, 0.1) is 0 Å². The predicted molar refractivity (Wildman–Crippen MR) is 70.2 cm³/mol. The van der Waals surface area contributed by atoms with Crippen molar-refractivity contribution in [3.8, 4) is 5.75 Å². The molecule has 0 amide bonds. The minimum absolute atomic E-state index is 0.473. The molecule has 0 bridgehead atoms. The number of aryl methyl sites for hydroxylation is 1. The monoisotopic (exact) mass is 284 g/mol. The number of rotatable bonds is 4. The first-order valence-corrected chi connectivity index (χ1v) is 6.63. The van der Waals surface area contributed by atoms with Crippen LogP contribution in [0.3, 0.4) is 0 Å². The van der Waals surface area contributed by atoms with Gasteiger partial charge in [-0.3, -0.25) is 0 Å². The van der Waals surface area contributed by atoms with Crippen molar-refractivity contribution in [2.24, 2.45) is 0 Å². The summed E-state index contributed by atoms with van der Waals surface area (Å²) in [6, 6.07) is 7.25. The highest BCUT2D eigenvalue weighted by Crippen LogP contribution is 2.24. The minimum atomic E-state index is -1.43. The molecule has 6 heteroatoms. The molecule has 1 aliphatic rings. The molecule has 1 aliphatic heterocycles. The number of benzene rings is 1. The Morgan fingerprint density at radius 1 is 1.05 bits per heavy atom. The van der Waals surface area contributed by atoms with E-state index in [1.165, 1.54) is 0 Å². The van der Waals surface area contributed by atoms with Crippen LogP contribution in [0.2, 0.25) is 0 Å². The summed E-state index contributed by atoms with van der Waals surface area (Å²) in [6.45, 7) is 1.56. The van der Waals surface area contributed by atoms with Gasteiger partial charge in [0.25, 0.3) is 0 Å². The molecule has 1 heterocycles. The van der Waals surface area contributed by atoms with Gasteiger partial charge in [-0.15, -0.1) is 0 Å². The van der Waals surface area contributed by atoms with Gasteiger partial charge in [-0.2, -0.15) is 0 Å². The Bertz CT molecular complexity index is 418. The Labute approximate surface area is 117 Å². The smallest absolute Gasteiger partial charge is 0.229 e. The quantitative estimate of drug-likeness (QED) is 0.591. The molecule has 0 spiro atoms. The maximum Gasteiger partial charge on any atom is 0.229 e. The van der Waals surface area contributed by atoms with Gasteiger partial charge in [0.15, 0.2) is 0 Å². The Morgan fingerprint density at radius 2 is 1.70 bits per heavy atom. The summed E-state index contributed by atoms with van der Waals surface area (Å²) in [7, 11) is 0. The van der Waals surface area contributed by atoms with E-state index in [0.29, 0.717) is 5.75 Å². The molecular weight excluding hydrogens is 264 g/mol. The molecule has 2 rings (SSSR count). The molecule has 0 radical (unpaired) electrons. The summed E-state index contributed by atoms with van der Waals surface area (Å²) in [4.78, 5) is 0. The number of aliphatic hydroxyl groups excluding tert-OH is 4. The van der Waals surface area contributed by atoms with Crippen LogP contribution in [0.5, 0.6) is 5.75 Å². The molecule has 0 aliphatic carbocycles. The molecule has 20 heavy (non-hydrogen) atoms. The van der Waals surface area contributed by atoms with Crippen LogP contribution in [-0.2, 0) is 11.2 Å². The Balaban J connectivity index is 2.06. The van der Waals surface area contributed by atoms with E-state index >= 15 is 0 Å². The molecular formula is C14H20O6. The van der Waals surface area contributed by atoms with Gasteiger partial charge in [0, 0.05) is 0 Å².